The zero-order valence-electron chi connectivity index (χ0n) is 35.0. The molecule has 62 heavy (non-hydrogen) atoms. The second kappa shape index (κ2) is 21.2. The number of benzene rings is 4. The summed E-state index contributed by atoms with van der Waals surface area (Å²) in [6, 6.07) is 16.0. The van der Waals surface area contributed by atoms with E-state index >= 15 is 0 Å². The van der Waals surface area contributed by atoms with E-state index in [4.69, 9.17) is 28.9 Å². The van der Waals surface area contributed by atoms with Crippen LogP contribution in [-0.4, -0.2) is 124 Å². The Bertz CT molecular complexity index is 2130. The first-order chi connectivity index (χ1) is 29.4. The molecule has 0 aliphatic carbocycles. The van der Waals surface area contributed by atoms with E-state index in [-0.39, 0.29) is 75.4 Å². The Hall–Kier alpha value is -5.26. The Morgan fingerprint density at radius 3 is 1.47 bits per heavy atom. The smallest absolute Gasteiger partial charge is 0.337 e. The molecule has 4 aromatic carbocycles. The summed E-state index contributed by atoms with van der Waals surface area (Å²) < 4.78 is 63.7. The second-order valence-electron chi connectivity index (χ2n) is 15.3. The lowest BCUT2D eigenvalue weighted by Crippen LogP contribution is -2.43. The number of rotatable bonds is 11. The van der Waals surface area contributed by atoms with Crippen molar-refractivity contribution in [2.75, 3.05) is 77.8 Å². The average Bonchev–Trinajstić information content (AvgIpc) is 3.97. The van der Waals surface area contributed by atoms with Crippen molar-refractivity contribution in [1.82, 2.24) is 19.6 Å². The highest BCUT2D eigenvalue weighted by Crippen LogP contribution is 2.31. The molecule has 18 heteroatoms. The number of nitrogens with two attached hydrogens (primary N) is 1. The number of amides is 4. The van der Waals surface area contributed by atoms with Gasteiger partial charge in [-0.25, -0.2) is 31.9 Å². The minimum Gasteiger partial charge on any atom is -0.465 e. The van der Waals surface area contributed by atoms with E-state index < -0.39 is 47.1 Å². The first-order valence-electron chi connectivity index (χ1n) is 19.7. The monoisotopic (exact) mass is 901 g/mol. The second-order valence-corrected chi connectivity index (χ2v) is 16.1. The minimum atomic E-state index is -0.757. The first kappa shape index (κ1) is 47.8. The number of ether oxygens (including phenoxy) is 1. The lowest BCUT2D eigenvalue weighted by atomic mass is 10.1. The molecule has 0 bridgehead atoms. The van der Waals surface area contributed by atoms with Crippen LogP contribution in [-0.2, 0) is 17.8 Å². The van der Waals surface area contributed by atoms with E-state index in [0.717, 1.165) is 25.0 Å². The third-order valence-electron chi connectivity index (χ3n) is 10.9. The number of ketones is 1. The third-order valence-corrected chi connectivity index (χ3v) is 11.5. The summed E-state index contributed by atoms with van der Waals surface area (Å²) in [5, 5.41) is -0.267. The van der Waals surface area contributed by atoms with Crippen LogP contribution in [0.4, 0.5) is 38.5 Å². The summed E-state index contributed by atoms with van der Waals surface area (Å²) in [5.74, 6) is -3.95. The summed E-state index contributed by atoms with van der Waals surface area (Å²) in [6.45, 7) is 1.29. The maximum Gasteiger partial charge on any atom is 0.337 e. The summed E-state index contributed by atoms with van der Waals surface area (Å²) in [6.07, 6.45) is 1.57. The number of anilines is 2. The predicted molar refractivity (Wildman–Crippen MR) is 231 cm³/mol. The van der Waals surface area contributed by atoms with Crippen molar-refractivity contribution in [3.8, 4) is 0 Å². The van der Waals surface area contributed by atoms with Gasteiger partial charge in [0.2, 0.25) is 0 Å². The molecule has 0 aromatic heterocycles. The number of urea groups is 2. The Kier molecular flexibility index (Phi) is 16.3. The number of likely N-dealkylation sites (tertiary alicyclic amines) is 2. The van der Waals surface area contributed by atoms with Crippen molar-refractivity contribution in [3.63, 3.8) is 0 Å². The van der Waals surface area contributed by atoms with E-state index in [1.54, 1.807) is 9.80 Å². The lowest BCUT2D eigenvalue weighted by molar-refractivity contribution is 0.0600. The standard InChI is InChI=1S/C22H25ClF2N4O2.C22H24ClF2N3O3/c1-27(2)16-8-9-28(13-16)22(31)29(19-5-3-4-17(23)21(19)25)12-15-7-6-14(10-18(15)24)20(30)11-26;1-26(2)16-9-10-27(13-16)22(30)28(19-6-4-5-17(23)20(19)25)12-15-8-7-14(11-18(15)24)21(29)31-3/h3-7,10,16H,8-9,11-13,26H2,1-2H3;4-8,11,16H,9-10,12-13H2,1-3H3/t2*16-/m11/s1. The highest BCUT2D eigenvalue weighted by molar-refractivity contribution is 6.31. The molecule has 2 aliphatic heterocycles. The maximum atomic E-state index is 14.8. The number of Topliss-reactive ketones (excluding diaryl/α,β-unsaturated/α-hetero) is 1. The Balaban J connectivity index is 0.000000234. The molecular formula is C44H49Cl2F4N7O5. The van der Waals surface area contributed by atoms with E-state index in [1.165, 1.54) is 77.6 Å². The number of hydrogen-bond donors (Lipinski definition) is 1. The Morgan fingerprint density at radius 2 is 1.10 bits per heavy atom. The maximum absolute atomic E-state index is 14.8. The molecule has 2 aliphatic rings. The largest absolute Gasteiger partial charge is 0.465 e. The van der Waals surface area contributed by atoms with Crippen LogP contribution < -0.4 is 15.5 Å². The van der Waals surface area contributed by atoms with Crippen molar-refractivity contribution in [2.24, 2.45) is 5.73 Å². The van der Waals surface area contributed by atoms with Crippen molar-refractivity contribution in [1.29, 1.82) is 0 Å². The summed E-state index contributed by atoms with van der Waals surface area (Å²) in [7, 11) is 8.95. The number of esters is 1. The van der Waals surface area contributed by atoms with Crippen LogP contribution in [0.15, 0.2) is 72.8 Å². The summed E-state index contributed by atoms with van der Waals surface area (Å²) in [4.78, 5) is 59.7. The molecule has 12 nitrogen and oxygen atoms in total. The predicted octanol–water partition coefficient (Wildman–Crippen LogP) is 7.69. The zero-order valence-corrected chi connectivity index (χ0v) is 36.5. The third kappa shape index (κ3) is 11.2. The molecule has 0 saturated carbocycles. The molecule has 0 radical (unpaired) electrons. The lowest BCUT2D eigenvalue weighted by Gasteiger charge is -2.29. The molecule has 0 spiro atoms. The van der Waals surface area contributed by atoms with E-state index in [1.807, 2.05) is 38.0 Å². The van der Waals surface area contributed by atoms with Crippen LogP contribution in [0.2, 0.25) is 10.0 Å². The number of carbonyl (C=O) groups is 4. The minimum absolute atomic E-state index is 0.0349. The van der Waals surface area contributed by atoms with Crippen LogP contribution in [0.1, 0.15) is 44.7 Å². The van der Waals surface area contributed by atoms with E-state index in [9.17, 15) is 36.7 Å². The molecular weight excluding hydrogens is 853 g/mol. The van der Waals surface area contributed by atoms with Gasteiger partial charge in [0.25, 0.3) is 0 Å². The Labute approximate surface area is 368 Å². The molecule has 6 rings (SSSR count). The van der Waals surface area contributed by atoms with Gasteiger partial charge in [-0.3, -0.25) is 14.6 Å². The van der Waals surface area contributed by atoms with Crippen LogP contribution in [0.5, 0.6) is 0 Å². The quantitative estimate of drug-likeness (QED) is 0.0925. The zero-order chi connectivity index (χ0) is 45.4. The van der Waals surface area contributed by atoms with Crippen molar-refractivity contribution in [2.45, 2.75) is 38.0 Å². The van der Waals surface area contributed by atoms with Gasteiger partial charge in [-0.2, -0.15) is 0 Å². The summed E-state index contributed by atoms with van der Waals surface area (Å²) in [5.41, 5.74) is 5.72. The fourth-order valence-corrected chi connectivity index (χ4v) is 7.50. The molecule has 332 valence electrons. The van der Waals surface area contributed by atoms with Crippen LogP contribution in [0.25, 0.3) is 0 Å². The van der Waals surface area contributed by atoms with Gasteiger partial charge in [0.1, 0.15) is 11.6 Å². The number of halogens is 6. The van der Waals surface area contributed by atoms with Gasteiger partial charge in [-0.15, -0.1) is 0 Å². The fraction of sp³-hybridized carbons (Fsp3) is 0.364. The number of methoxy groups -OCH3 is 1. The molecule has 2 fully saturated rings. The molecule has 4 aromatic rings. The van der Waals surface area contributed by atoms with Gasteiger partial charge in [0, 0.05) is 55.0 Å². The van der Waals surface area contributed by atoms with Crippen molar-refractivity contribution >= 4 is 58.4 Å². The normalized spacial score (nSPS) is 16.0. The number of hydrogen-bond acceptors (Lipinski definition) is 8. The van der Waals surface area contributed by atoms with Gasteiger partial charge in [0.15, 0.2) is 17.4 Å². The average molecular weight is 903 g/mol. The van der Waals surface area contributed by atoms with Gasteiger partial charge in [-0.1, -0.05) is 53.5 Å². The van der Waals surface area contributed by atoms with E-state index in [2.05, 4.69) is 4.74 Å². The van der Waals surface area contributed by atoms with Crippen molar-refractivity contribution in [3.05, 3.63) is 128 Å². The van der Waals surface area contributed by atoms with Gasteiger partial charge < -0.3 is 30.1 Å². The molecule has 2 saturated heterocycles. The molecule has 0 unspecified atom stereocenters. The number of likely N-dealkylation sites (N-methyl/N-ethyl adjacent to an activating group) is 2. The number of carbonyl (C=O) groups excluding carboxylic acids is 4. The van der Waals surface area contributed by atoms with Gasteiger partial charge in [0.05, 0.1) is 53.7 Å². The van der Waals surface area contributed by atoms with Crippen LogP contribution in [0, 0.1) is 23.3 Å². The summed E-state index contributed by atoms with van der Waals surface area (Å²) >= 11 is 11.9. The van der Waals surface area contributed by atoms with Crippen LogP contribution in [0.3, 0.4) is 0 Å². The molecule has 2 N–H and O–H groups in total. The highest BCUT2D eigenvalue weighted by Gasteiger charge is 2.34. The first-order valence-corrected chi connectivity index (χ1v) is 20.4. The fourth-order valence-electron chi connectivity index (χ4n) is 7.16. The molecule has 2 heterocycles. The topological polar surface area (TPSA) is 123 Å². The van der Waals surface area contributed by atoms with Gasteiger partial charge >= 0.3 is 18.0 Å². The molecule has 2 atom stereocenters. The number of nitrogens with zero attached hydrogens (tertiary/aromatic N) is 6. The SMILES string of the molecule is CN(C)[C@@H]1CCN(C(=O)N(Cc2ccc(C(=O)CN)cc2F)c2cccc(Cl)c2F)C1.COC(=O)c1ccc(CN(C(=O)N2CC[C@@H](N(C)C)C2)c2cccc(Cl)c2F)c(F)c1. The van der Waals surface area contributed by atoms with E-state index in [0.29, 0.717) is 26.2 Å². The highest BCUT2D eigenvalue weighted by atomic mass is 35.5. The van der Waals surface area contributed by atoms with Crippen LogP contribution >= 0.6 is 23.2 Å². The van der Waals surface area contributed by atoms with Gasteiger partial charge in [-0.05, 0) is 83.5 Å². The van der Waals surface area contributed by atoms with Crippen molar-refractivity contribution < 1.29 is 41.5 Å². The Morgan fingerprint density at radius 1 is 0.677 bits per heavy atom. The molecule has 4 amide bonds.